The summed E-state index contributed by atoms with van der Waals surface area (Å²) in [4.78, 5) is 12.6. The summed E-state index contributed by atoms with van der Waals surface area (Å²) in [6, 6.07) is 5.14. The van der Waals surface area contributed by atoms with E-state index in [9.17, 15) is 4.79 Å². The van der Waals surface area contributed by atoms with E-state index in [1.54, 1.807) is 32.4 Å². The molecule has 1 unspecified atom stereocenters. The first-order valence-corrected chi connectivity index (χ1v) is 9.07. The summed E-state index contributed by atoms with van der Waals surface area (Å²) in [6.07, 6.45) is 0.0432. The number of aromatic nitrogens is 2. The number of carbonyl (C=O) groups excluding carboxylic acids is 1. The van der Waals surface area contributed by atoms with E-state index < -0.39 is 0 Å². The van der Waals surface area contributed by atoms with Crippen molar-refractivity contribution >= 4 is 28.9 Å². The van der Waals surface area contributed by atoms with E-state index in [0.717, 1.165) is 0 Å². The summed E-state index contributed by atoms with van der Waals surface area (Å²) in [7, 11) is 3.10. The molecule has 0 saturated heterocycles. The molecule has 130 valence electrons. The Kier molecular flexibility index (Phi) is 6.44. The molecule has 0 aliphatic rings. The van der Waals surface area contributed by atoms with E-state index in [0.29, 0.717) is 26.6 Å². The van der Waals surface area contributed by atoms with Crippen LogP contribution in [0.15, 0.2) is 22.5 Å². The maximum Gasteiger partial charge on any atom is 0.295 e. The summed E-state index contributed by atoms with van der Waals surface area (Å²) in [5.74, 6) is 1.11. The van der Waals surface area contributed by atoms with E-state index in [1.165, 1.54) is 23.1 Å². The second-order valence-electron chi connectivity index (χ2n) is 5.19. The number of nitrogens with zero attached hydrogens (tertiary/aromatic N) is 2. The van der Waals surface area contributed by atoms with Gasteiger partial charge in [-0.1, -0.05) is 16.9 Å². The van der Waals surface area contributed by atoms with E-state index in [2.05, 4.69) is 10.2 Å². The zero-order valence-corrected chi connectivity index (χ0v) is 15.9. The Bertz CT molecular complexity index is 703. The number of Topliss-reactive ketones (excluding diaryl/α,β-unsaturated/α-hetero) is 1. The van der Waals surface area contributed by atoms with Crippen LogP contribution in [0.1, 0.15) is 31.1 Å². The van der Waals surface area contributed by atoms with Crippen LogP contribution in [0.2, 0.25) is 0 Å². The first-order chi connectivity index (χ1) is 11.4. The Hall–Kier alpha value is -1.80. The molecule has 8 heteroatoms. The van der Waals surface area contributed by atoms with Crippen LogP contribution in [0, 0.1) is 0 Å². The quantitative estimate of drug-likeness (QED) is 0.519. The highest BCUT2D eigenvalue weighted by atomic mass is 32.2. The van der Waals surface area contributed by atoms with Gasteiger partial charge < -0.3 is 14.2 Å². The van der Waals surface area contributed by atoms with Gasteiger partial charge in [0, 0.05) is 5.56 Å². The largest absolute Gasteiger partial charge is 0.493 e. The lowest BCUT2D eigenvalue weighted by Gasteiger charge is -2.11. The fourth-order valence-electron chi connectivity index (χ4n) is 1.92. The third kappa shape index (κ3) is 4.61. The van der Waals surface area contributed by atoms with Crippen molar-refractivity contribution in [2.24, 2.45) is 0 Å². The van der Waals surface area contributed by atoms with Crippen LogP contribution in [0.25, 0.3) is 0 Å². The van der Waals surface area contributed by atoms with Gasteiger partial charge in [-0.2, -0.15) is 0 Å². The maximum absolute atomic E-state index is 12.6. The Labute approximate surface area is 149 Å². The molecular weight excluding hydrogens is 348 g/mol. The third-order valence-corrected chi connectivity index (χ3v) is 5.04. The SMILES string of the molecule is COc1ccc(C(=O)C(C)Sc2nnc(OC(C)C)s2)cc1OC. The number of hydrogen-bond donors (Lipinski definition) is 0. The van der Waals surface area contributed by atoms with Crippen LogP contribution in [0.3, 0.4) is 0 Å². The van der Waals surface area contributed by atoms with Gasteiger partial charge in [-0.15, -0.1) is 5.10 Å². The lowest BCUT2D eigenvalue weighted by molar-refractivity contribution is 0.0993. The molecule has 1 heterocycles. The van der Waals surface area contributed by atoms with E-state index in [1.807, 2.05) is 20.8 Å². The highest BCUT2D eigenvalue weighted by Crippen LogP contribution is 2.33. The molecule has 0 amide bonds. The number of rotatable bonds is 8. The Morgan fingerprint density at radius 1 is 1.12 bits per heavy atom. The zero-order chi connectivity index (χ0) is 17.7. The van der Waals surface area contributed by atoms with Crippen LogP contribution < -0.4 is 14.2 Å². The standard InChI is InChI=1S/C16H20N2O4S2/c1-9(2)22-15-17-18-16(24-15)23-10(3)14(19)11-6-7-12(20-4)13(8-11)21-5/h6-10H,1-5H3. The van der Waals surface area contributed by atoms with Gasteiger partial charge in [0.2, 0.25) is 0 Å². The molecular formula is C16H20N2O4S2. The van der Waals surface area contributed by atoms with E-state index in [4.69, 9.17) is 14.2 Å². The minimum atomic E-state index is -0.303. The molecule has 1 atom stereocenters. The van der Waals surface area contributed by atoms with E-state index >= 15 is 0 Å². The van der Waals surface area contributed by atoms with Gasteiger partial charge in [0.25, 0.3) is 5.19 Å². The number of carbonyl (C=O) groups is 1. The monoisotopic (exact) mass is 368 g/mol. The van der Waals surface area contributed by atoms with Crippen LogP contribution in [-0.2, 0) is 0 Å². The van der Waals surface area contributed by atoms with Gasteiger partial charge in [0.1, 0.15) is 0 Å². The highest BCUT2D eigenvalue weighted by Gasteiger charge is 2.20. The van der Waals surface area contributed by atoms with Gasteiger partial charge >= 0.3 is 0 Å². The predicted molar refractivity (Wildman–Crippen MR) is 94.9 cm³/mol. The molecule has 6 nitrogen and oxygen atoms in total. The molecule has 0 spiro atoms. The van der Waals surface area contributed by atoms with Crippen LogP contribution >= 0.6 is 23.1 Å². The summed E-state index contributed by atoms with van der Waals surface area (Å²) in [5, 5.41) is 8.23. The van der Waals surface area contributed by atoms with Crippen molar-refractivity contribution in [3.05, 3.63) is 23.8 Å². The molecule has 0 fully saturated rings. The first-order valence-electron chi connectivity index (χ1n) is 7.37. The van der Waals surface area contributed by atoms with Gasteiger partial charge in [-0.25, -0.2) is 0 Å². The minimum absolute atomic E-state index is 0.0116. The summed E-state index contributed by atoms with van der Waals surface area (Å²) in [5.41, 5.74) is 0.566. The zero-order valence-electron chi connectivity index (χ0n) is 14.2. The topological polar surface area (TPSA) is 70.5 Å². The lowest BCUT2D eigenvalue weighted by atomic mass is 10.1. The van der Waals surface area contributed by atoms with Crippen LogP contribution in [0.4, 0.5) is 0 Å². The van der Waals surface area contributed by atoms with Crippen molar-refractivity contribution in [3.63, 3.8) is 0 Å². The number of thioether (sulfide) groups is 1. The van der Waals surface area contributed by atoms with Gasteiger partial charge in [0.15, 0.2) is 21.6 Å². The first kappa shape index (κ1) is 18.5. The molecule has 2 rings (SSSR count). The predicted octanol–water partition coefficient (Wildman–Crippen LogP) is 3.71. The molecule has 2 aromatic rings. The van der Waals surface area contributed by atoms with Crippen molar-refractivity contribution in [1.82, 2.24) is 10.2 Å². The van der Waals surface area contributed by atoms with Crippen LogP contribution in [0.5, 0.6) is 16.7 Å². The fourth-order valence-corrected chi connectivity index (χ4v) is 3.95. The number of ketones is 1. The lowest BCUT2D eigenvalue weighted by Crippen LogP contribution is -2.13. The molecule has 1 aromatic carbocycles. The molecule has 1 aromatic heterocycles. The highest BCUT2D eigenvalue weighted by molar-refractivity contribution is 8.02. The minimum Gasteiger partial charge on any atom is -0.493 e. The Balaban J connectivity index is 2.08. The molecule has 0 aliphatic heterocycles. The van der Waals surface area contributed by atoms with Crippen molar-refractivity contribution in [1.29, 1.82) is 0 Å². The van der Waals surface area contributed by atoms with Gasteiger partial charge in [-0.05, 0) is 50.3 Å². The average molecular weight is 368 g/mol. The summed E-state index contributed by atoms with van der Waals surface area (Å²) >= 11 is 2.70. The van der Waals surface area contributed by atoms with Gasteiger partial charge in [0.05, 0.1) is 25.6 Å². The number of hydrogen-bond acceptors (Lipinski definition) is 8. The van der Waals surface area contributed by atoms with Crippen molar-refractivity contribution in [2.45, 2.75) is 36.5 Å². The molecule has 0 saturated carbocycles. The van der Waals surface area contributed by atoms with Gasteiger partial charge in [-0.3, -0.25) is 4.79 Å². The summed E-state index contributed by atoms with van der Waals surface area (Å²) in [6.45, 7) is 5.70. The number of methoxy groups -OCH3 is 2. The summed E-state index contributed by atoms with van der Waals surface area (Å²) < 4.78 is 16.6. The van der Waals surface area contributed by atoms with Crippen molar-refractivity contribution in [2.75, 3.05) is 14.2 Å². The normalized spacial score (nSPS) is 12.1. The number of ether oxygens (including phenoxy) is 3. The maximum atomic E-state index is 12.6. The second kappa shape index (κ2) is 8.34. The molecule has 0 bridgehead atoms. The van der Waals surface area contributed by atoms with Crippen molar-refractivity contribution < 1.29 is 19.0 Å². The molecule has 0 radical (unpaired) electrons. The molecule has 0 N–H and O–H groups in total. The van der Waals surface area contributed by atoms with E-state index in [-0.39, 0.29) is 17.1 Å². The molecule has 24 heavy (non-hydrogen) atoms. The fraction of sp³-hybridized carbons (Fsp3) is 0.438. The van der Waals surface area contributed by atoms with Crippen molar-refractivity contribution in [3.8, 4) is 16.7 Å². The smallest absolute Gasteiger partial charge is 0.295 e. The second-order valence-corrected chi connectivity index (χ2v) is 7.72. The Morgan fingerprint density at radius 3 is 2.46 bits per heavy atom. The van der Waals surface area contributed by atoms with Crippen LogP contribution in [-0.4, -0.2) is 41.6 Å². The number of benzene rings is 1. The molecule has 0 aliphatic carbocycles. The third-order valence-electron chi connectivity index (χ3n) is 3.04. The Morgan fingerprint density at radius 2 is 1.83 bits per heavy atom. The average Bonchev–Trinajstić information content (AvgIpc) is 2.99.